The van der Waals surface area contributed by atoms with Crippen LogP contribution in [0.4, 0.5) is 13.2 Å². The Kier molecular flexibility index (Phi) is 4.08. The Labute approximate surface area is 121 Å². The molecule has 1 heterocycles. The van der Waals surface area contributed by atoms with E-state index in [0.29, 0.717) is 0 Å². The van der Waals surface area contributed by atoms with Gasteiger partial charge in [-0.25, -0.2) is 13.9 Å². The van der Waals surface area contributed by atoms with Crippen LogP contribution in [0.5, 0.6) is 5.88 Å². The Hall–Kier alpha value is -2.22. The lowest BCUT2D eigenvalue weighted by molar-refractivity contribution is -0.0553. The van der Waals surface area contributed by atoms with Crippen molar-refractivity contribution < 1.29 is 27.8 Å². The molecule has 9 heteroatoms. The number of carboxylic acids is 1. The number of aromatic nitrogens is 2. The molecule has 2 rings (SSSR count). The molecule has 0 radical (unpaired) electrons. The average molecular weight is 321 g/mol. The molecule has 21 heavy (non-hydrogen) atoms. The van der Waals surface area contributed by atoms with Crippen LogP contribution in [0.1, 0.15) is 10.4 Å². The first kappa shape index (κ1) is 15.2. The summed E-state index contributed by atoms with van der Waals surface area (Å²) in [4.78, 5) is 11.0. The Morgan fingerprint density at radius 1 is 1.43 bits per heavy atom. The smallest absolute Gasteiger partial charge is 0.388 e. The molecule has 0 fully saturated rings. The highest BCUT2D eigenvalue weighted by Crippen LogP contribution is 2.30. The fourth-order valence-electron chi connectivity index (χ4n) is 1.69. The van der Waals surface area contributed by atoms with Crippen molar-refractivity contribution in [3.8, 4) is 17.1 Å². The van der Waals surface area contributed by atoms with Crippen LogP contribution in [0.25, 0.3) is 11.3 Å². The van der Waals surface area contributed by atoms with E-state index in [1.165, 1.54) is 7.05 Å². The second-order valence-electron chi connectivity index (χ2n) is 3.99. The summed E-state index contributed by atoms with van der Waals surface area (Å²) in [5, 5.41) is 12.5. The van der Waals surface area contributed by atoms with E-state index in [9.17, 15) is 18.0 Å². The molecular weight excluding hydrogens is 313 g/mol. The van der Waals surface area contributed by atoms with Gasteiger partial charge in [0.25, 0.3) is 0 Å². The van der Waals surface area contributed by atoms with Gasteiger partial charge in [-0.2, -0.15) is 13.9 Å². The summed E-state index contributed by atoms with van der Waals surface area (Å²) >= 11 is 5.62. The van der Waals surface area contributed by atoms with Gasteiger partial charge < -0.3 is 9.84 Å². The number of carboxylic acid groups (broad SMARTS) is 1. The van der Waals surface area contributed by atoms with Crippen molar-refractivity contribution in [3.05, 3.63) is 34.6 Å². The number of ether oxygens (including phenoxy) is 1. The highest BCUT2D eigenvalue weighted by atomic mass is 35.5. The summed E-state index contributed by atoms with van der Waals surface area (Å²) in [6.45, 7) is -3.06. The molecule has 0 amide bonds. The Balaban J connectivity index is 2.51. The second-order valence-corrected chi connectivity index (χ2v) is 4.39. The van der Waals surface area contributed by atoms with Gasteiger partial charge >= 0.3 is 12.6 Å². The Bertz CT molecular complexity index is 703. The molecule has 1 aromatic carbocycles. The van der Waals surface area contributed by atoms with Gasteiger partial charge in [0.2, 0.25) is 5.88 Å². The number of halogens is 4. The zero-order valence-corrected chi connectivity index (χ0v) is 11.2. The fraction of sp³-hybridized carbons (Fsp3) is 0.167. The van der Waals surface area contributed by atoms with Gasteiger partial charge in [-0.05, 0) is 12.1 Å². The number of rotatable bonds is 4. The van der Waals surface area contributed by atoms with E-state index >= 15 is 0 Å². The monoisotopic (exact) mass is 320 g/mol. The molecule has 0 atom stereocenters. The zero-order valence-electron chi connectivity index (χ0n) is 10.5. The normalized spacial score (nSPS) is 11.0. The highest BCUT2D eigenvalue weighted by molar-refractivity contribution is 6.33. The van der Waals surface area contributed by atoms with E-state index in [0.717, 1.165) is 22.9 Å². The quantitative estimate of drug-likeness (QED) is 0.939. The molecule has 0 bridgehead atoms. The summed E-state index contributed by atoms with van der Waals surface area (Å²) in [5.74, 6) is -2.46. The van der Waals surface area contributed by atoms with Crippen molar-refractivity contribution in [2.24, 2.45) is 7.05 Å². The van der Waals surface area contributed by atoms with Gasteiger partial charge in [-0.3, -0.25) is 0 Å². The third-order valence-corrected chi connectivity index (χ3v) is 2.92. The summed E-state index contributed by atoms with van der Waals surface area (Å²) < 4.78 is 43.4. The van der Waals surface area contributed by atoms with Crippen LogP contribution in [-0.4, -0.2) is 27.5 Å². The zero-order chi connectivity index (χ0) is 15.7. The van der Waals surface area contributed by atoms with Crippen molar-refractivity contribution in [2.45, 2.75) is 6.61 Å². The van der Waals surface area contributed by atoms with Crippen LogP contribution in [0.2, 0.25) is 5.02 Å². The van der Waals surface area contributed by atoms with Gasteiger partial charge in [0.15, 0.2) is 0 Å². The molecule has 1 N–H and O–H groups in total. The maximum Gasteiger partial charge on any atom is 0.388 e. The molecule has 0 saturated heterocycles. The van der Waals surface area contributed by atoms with Gasteiger partial charge in [-0.15, -0.1) is 0 Å². The van der Waals surface area contributed by atoms with Crippen LogP contribution in [0.15, 0.2) is 18.2 Å². The third-order valence-electron chi connectivity index (χ3n) is 2.61. The van der Waals surface area contributed by atoms with E-state index < -0.39 is 18.4 Å². The molecule has 0 aliphatic carbocycles. The van der Waals surface area contributed by atoms with Crippen LogP contribution < -0.4 is 4.74 Å². The highest BCUT2D eigenvalue weighted by Gasteiger charge is 2.19. The molecule has 2 aromatic rings. The molecule has 0 spiro atoms. The van der Waals surface area contributed by atoms with E-state index in [-0.39, 0.29) is 27.7 Å². The van der Waals surface area contributed by atoms with Gasteiger partial charge in [0.05, 0.1) is 16.3 Å². The number of hydrogen-bond donors (Lipinski definition) is 1. The number of nitrogens with zero attached hydrogens (tertiary/aromatic N) is 2. The van der Waals surface area contributed by atoms with Crippen molar-refractivity contribution >= 4 is 17.6 Å². The van der Waals surface area contributed by atoms with E-state index in [4.69, 9.17) is 16.7 Å². The summed E-state index contributed by atoms with van der Waals surface area (Å²) in [6, 6.07) is 2.88. The summed E-state index contributed by atoms with van der Waals surface area (Å²) in [7, 11) is 1.33. The van der Waals surface area contributed by atoms with Crippen LogP contribution in [0.3, 0.4) is 0 Å². The van der Waals surface area contributed by atoms with Crippen LogP contribution >= 0.6 is 11.6 Å². The Morgan fingerprint density at radius 3 is 2.67 bits per heavy atom. The molecule has 0 unspecified atom stereocenters. The minimum absolute atomic E-state index is 0.0511. The second kappa shape index (κ2) is 5.65. The summed E-state index contributed by atoms with van der Waals surface area (Å²) in [5.41, 5.74) is -0.559. The first-order chi connectivity index (χ1) is 9.79. The topological polar surface area (TPSA) is 64.4 Å². The standard InChI is InChI=1S/C12H8ClF3N2O3/c1-18-10(21-12(15)16)4-9(17-18)6-2-5(11(19)20)7(13)3-8(6)14/h2-4,12H,1H3,(H,19,20). The number of aryl methyl sites for hydroxylation is 1. The van der Waals surface area contributed by atoms with Crippen molar-refractivity contribution in [1.82, 2.24) is 9.78 Å². The number of hydrogen-bond acceptors (Lipinski definition) is 3. The van der Waals surface area contributed by atoms with Gasteiger partial charge in [0.1, 0.15) is 5.82 Å². The lowest BCUT2D eigenvalue weighted by atomic mass is 10.1. The van der Waals surface area contributed by atoms with E-state index in [1.807, 2.05) is 0 Å². The van der Waals surface area contributed by atoms with Gasteiger partial charge in [-0.1, -0.05) is 11.6 Å². The molecule has 5 nitrogen and oxygen atoms in total. The van der Waals surface area contributed by atoms with Crippen molar-refractivity contribution in [3.63, 3.8) is 0 Å². The van der Waals surface area contributed by atoms with Gasteiger partial charge in [0, 0.05) is 18.7 Å². The van der Waals surface area contributed by atoms with Crippen molar-refractivity contribution in [1.29, 1.82) is 0 Å². The third kappa shape index (κ3) is 3.10. The van der Waals surface area contributed by atoms with Crippen molar-refractivity contribution in [2.75, 3.05) is 0 Å². The van der Waals surface area contributed by atoms with Crippen LogP contribution in [-0.2, 0) is 7.05 Å². The lowest BCUT2D eigenvalue weighted by Crippen LogP contribution is -2.05. The molecule has 112 valence electrons. The molecule has 1 aromatic heterocycles. The minimum atomic E-state index is -3.06. The largest absolute Gasteiger partial charge is 0.478 e. The Morgan fingerprint density at radius 2 is 2.10 bits per heavy atom. The fourth-order valence-corrected chi connectivity index (χ4v) is 1.92. The van der Waals surface area contributed by atoms with E-state index in [1.54, 1.807) is 0 Å². The summed E-state index contributed by atoms with van der Waals surface area (Å²) in [6.07, 6.45) is 0. The maximum absolute atomic E-state index is 13.9. The minimum Gasteiger partial charge on any atom is -0.478 e. The first-order valence-corrected chi connectivity index (χ1v) is 5.89. The predicted octanol–water partition coefficient (Wildman–Crippen LogP) is 3.18. The van der Waals surface area contributed by atoms with Crippen LogP contribution in [0, 0.1) is 5.82 Å². The lowest BCUT2D eigenvalue weighted by Gasteiger charge is -2.04. The average Bonchev–Trinajstić information content (AvgIpc) is 2.69. The molecule has 0 aliphatic heterocycles. The number of benzene rings is 1. The molecule has 0 aliphatic rings. The molecule has 0 saturated carbocycles. The number of carbonyl (C=O) groups is 1. The number of aromatic carboxylic acids is 1. The predicted molar refractivity (Wildman–Crippen MR) is 67.2 cm³/mol. The maximum atomic E-state index is 13.9. The van der Waals surface area contributed by atoms with E-state index in [2.05, 4.69) is 9.84 Å². The molecular formula is C12H8ClF3N2O3. The number of alkyl halides is 2. The first-order valence-electron chi connectivity index (χ1n) is 5.51. The SMILES string of the molecule is Cn1nc(-c2cc(C(=O)O)c(Cl)cc2F)cc1OC(F)F.